The molecular weight excluding hydrogens is 243 g/mol. The Bertz CT molecular complexity index is 742. The van der Waals surface area contributed by atoms with Crippen LogP contribution in [0.25, 0.3) is 10.9 Å². The number of hydrogen-bond acceptors (Lipinski definition) is 4. The highest BCUT2D eigenvalue weighted by atomic mass is 19.1. The van der Waals surface area contributed by atoms with Crippen molar-refractivity contribution < 1.29 is 4.39 Å². The fraction of sp³-hybridized carbons (Fsp3) is 0.0714. The fourth-order valence-corrected chi connectivity index (χ4v) is 1.82. The van der Waals surface area contributed by atoms with Crippen molar-refractivity contribution in [3.8, 4) is 0 Å². The van der Waals surface area contributed by atoms with Crippen LogP contribution in [0, 0.1) is 12.7 Å². The smallest absolute Gasteiger partial charge is 0.184 e. The molecule has 0 aliphatic carbocycles. The summed E-state index contributed by atoms with van der Waals surface area (Å²) in [5, 5.41) is 3.97. The summed E-state index contributed by atoms with van der Waals surface area (Å²) in [5.74, 6) is 0.206. The van der Waals surface area contributed by atoms with E-state index < -0.39 is 5.82 Å². The summed E-state index contributed by atoms with van der Waals surface area (Å²) < 4.78 is 13.6. The Hall–Kier alpha value is -2.56. The van der Waals surface area contributed by atoms with Gasteiger partial charge < -0.3 is 5.32 Å². The van der Waals surface area contributed by atoms with E-state index in [0.717, 1.165) is 22.8 Å². The summed E-state index contributed by atoms with van der Waals surface area (Å²) in [6.07, 6.45) is 2.88. The van der Waals surface area contributed by atoms with Gasteiger partial charge in [0.15, 0.2) is 11.6 Å². The van der Waals surface area contributed by atoms with Crippen LogP contribution in [0.3, 0.4) is 0 Å². The molecule has 1 aromatic carbocycles. The minimum absolute atomic E-state index is 0.169. The van der Waals surface area contributed by atoms with Crippen molar-refractivity contribution in [1.29, 1.82) is 0 Å². The number of nitrogens with zero attached hydrogens (tertiary/aromatic N) is 3. The van der Waals surface area contributed by atoms with Crippen molar-refractivity contribution in [3.63, 3.8) is 0 Å². The maximum Gasteiger partial charge on any atom is 0.184 e. The topological polar surface area (TPSA) is 50.7 Å². The maximum absolute atomic E-state index is 13.6. The summed E-state index contributed by atoms with van der Waals surface area (Å²) in [6.45, 7) is 1.71. The molecule has 2 aromatic heterocycles. The van der Waals surface area contributed by atoms with Gasteiger partial charge in [-0.25, -0.2) is 14.4 Å². The Labute approximate surface area is 109 Å². The van der Waals surface area contributed by atoms with E-state index in [0.29, 0.717) is 5.82 Å². The molecule has 0 fully saturated rings. The van der Waals surface area contributed by atoms with E-state index in [4.69, 9.17) is 0 Å². The summed E-state index contributed by atoms with van der Waals surface area (Å²) >= 11 is 0. The number of anilines is 2. The lowest BCUT2D eigenvalue weighted by Crippen LogP contribution is -2.00. The van der Waals surface area contributed by atoms with Gasteiger partial charge in [-0.2, -0.15) is 0 Å². The lowest BCUT2D eigenvalue weighted by atomic mass is 10.2. The Kier molecular flexibility index (Phi) is 2.79. The summed E-state index contributed by atoms with van der Waals surface area (Å²) in [6, 6.07) is 9.49. The van der Waals surface area contributed by atoms with E-state index in [1.807, 2.05) is 30.3 Å². The zero-order chi connectivity index (χ0) is 13.2. The second-order valence-electron chi connectivity index (χ2n) is 4.15. The number of rotatable bonds is 2. The average molecular weight is 254 g/mol. The van der Waals surface area contributed by atoms with Gasteiger partial charge >= 0.3 is 0 Å². The zero-order valence-electron chi connectivity index (χ0n) is 10.3. The summed E-state index contributed by atoms with van der Waals surface area (Å²) in [4.78, 5) is 12.1. The minimum Gasteiger partial charge on any atom is -0.338 e. The second kappa shape index (κ2) is 4.61. The number of pyridine rings is 1. The molecule has 3 rings (SSSR count). The first-order valence-electron chi connectivity index (χ1n) is 5.83. The molecule has 0 radical (unpaired) electrons. The van der Waals surface area contributed by atoms with Crippen LogP contribution in [0.2, 0.25) is 0 Å². The number of halogens is 1. The van der Waals surface area contributed by atoms with E-state index in [9.17, 15) is 4.39 Å². The third-order valence-electron chi connectivity index (χ3n) is 2.73. The van der Waals surface area contributed by atoms with Gasteiger partial charge in [0.2, 0.25) is 0 Å². The number of fused-ring (bicyclic) bond motifs is 1. The highest BCUT2D eigenvalue weighted by Gasteiger charge is 2.05. The Morgan fingerprint density at radius 2 is 2.05 bits per heavy atom. The molecule has 0 aliphatic rings. The van der Waals surface area contributed by atoms with Gasteiger partial charge in [0.25, 0.3) is 0 Å². The molecule has 0 atom stereocenters. The van der Waals surface area contributed by atoms with Crippen LogP contribution < -0.4 is 5.32 Å². The van der Waals surface area contributed by atoms with Crippen molar-refractivity contribution in [2.24, 2.45) is 0 Å². The summed E-state index contributed by atoms with van der Waals surface area (Å²) in [7, 11) is 0. The van der Waals surface area contributed by atoms with Crippen LogP contribution >= 0.6 is 0 Å². The van der Waals surface area contributed by atoms with Crippen molar-refractivity contribution in [2.45, 2.75) is 6.92 Å². The Balaban J connectivity index is 1.98. The first kappa shape index (κ1) is 11.5. The molecule has 0 saturated carbocycles. The van der Waals surface area contributed by atoms with E-state index in [2.05, 4.69) is 20.3 Å². The predicted octanol–water partition coefficient (Wildman–Crippen LogP) is 3.22. The third-order valence-corrected chi connectivity index (χ3v) is 2.73. The lowest BCUT2D eigenvalue weighted by Gasteiger charge is -2.07. The quantitative estimate of drug-likeness (QED) is 0.762. The minimum atomic E-state index is -0.480. The molecule has 1 N–H and O–H groups in total. The fourth-order valence-electron chi connectivity index (χ4n) is 1.82. The van der Waals surface area contributed by atoms with E-state index >= 15 is 0 Å². The third kappa shape index (κ3) is 2.35. The van der Waals surface area contributed by atoms with Gasteiger partial charge in [-0.1, -0.05) is 12.1 Å². The molecule has 0 amide bonds. The van der Waals surface area contributed by atoms with Gasteiger partial charge in [0.1, 0.15) is 5.82 Å². The predicted molar refractivity (Wildman–Crippen MR) is 71.8 cm³/mol. The second-order valence-corrected chi connectivity index (χ2v) is 4.15. The lowest BCUT2D eigenvalue weighted by molar-refractivity contribution is 0.616. The maximum atomic E-state index is 13.6. The molecule has 5 heteroatoms. The SMILES string of the molecule is Cc1ncc(F)c(Nc2ccc3cccnc3c2)n1. The molecule has 0 aliphatic heterocycles. The van der Waals surface area contributed by atoms with E-state index in [1.165, 1.54) is 0 Å². The first-order chi connectivity index (χ1) is 9.22. The normalized spacial score (nSPS) is 10.6. The average Bonchev–Trinajstić information content (AvgIpc) is 2.43. The number of hydrogen-bond donors (Lipinski definition) is 1. The standard InChI is InChI=1S/C14H11FN4/c1-9-17-8-12(15)14(18-9)19-11-5-4-10-3-2-6-16-13(10)7-11/h2-8H,1H3,(H,17,18,19). The molecule has 94 valence electrons. The zero-order valence-corrected chi connectivity index (χ0v) is 10.3. The van der Waals surface area contributed by atoms with E-state index in [-0.39, 0.29) is 5.82 Å². The molecule has 4 nitrogen and oxygen atoms in total. The van der Waals surface area contributed by atoms with Crippen LogP contribution in [0.15, 0.2) is 42.7 Å². The molecule has 2 heterocycles. The molecular formula is C14H11FN4. The van der Waals surface area contributed by atoms with Crippen LogP contribution in [0.5, 0.6) is 0 Å². The van der Waals surface area contributed by atoms with Crippen LogP contribution in [0.4, 0.5) is 15.9 Å². The Morgan fingerprint density at radius 3 is 2.95 bits per heavy atom. The highest BCUT2D eigenvalue weighted by molar-refractivity contribution is 5.82. The van der Waals surface area contributed by atoms with Gasteiger partial charge in [-0.3, -0.25) is 4.98 Å². The summed E-state index contributed by atoms with van der Waals surface area (Å²) in [5.41, 5.74) is 1.59. The number of aryl methyl sites for hydroxylation is 1. The van der Waals surface area contributed by atoms with Gasteiger partial charge in [-0.15, -0.1) is 0 Å². The molecule has 0 unspecified atom stereocenters. The van der Waals surface area contributed by atoms with Gasteiger partial charge in [0.05, 0.1) is 11.7 Å². The largest absolute Gasteiger partial charge is 0.338 e. The van der Waals surface area contributed by atoms with Gasteiger partial charge in [0, 0.05) is 17.3 Å². The molecule has 0 saturated heterocycles. The van der Waals surface area contributed by atoms with Crippen molar-refractivity contribution in [1.82, 2.24) is 15.0 Å². The van der Waals surface area contributed by atoms with Crippen molar-refractivity contribution >= 4 is 22.4 Å². The Morgan fingerprint density at radius 1 is 1.16 bits per heavy atom. The van der Waals surface area contributed by atoms with Crippen molar-refractivity contribution in [3.05, 3.63) is 54.4 Å². The van der Waals surface area contributed by atoms with Crippen LogP contribution in [-0.2, 0) is 0 Å². The highest BCUT2D eigenvalue weighted by Crippen LogP contribution is 2.21. The number of aromatic nitrogens is 3. The first-order valence-corrected chi connectivity index (χ1v) is 5.83. The number of benzene rings is 1. The monoisotopic (exact) mass is 254 g/mol. The van der Waals surface area contributed by atoms with Crippen LogP contribution in [0.1, 0.15) is 5.82 Å². The number of nitrogens with one attached hydrogen (secondary N) is 1. The van der Waals surface area contributed by atoms with Crippen LogP contribution in [-0.4, -0.2) is 15.0 Å². The molecule has 3 aromatic rings. The van der Waals surface area contributed by atoms with Gasteiger partial charge in [-0.05, 0) is 25.1 Å². The molecule has 19 heavy (non-hydrogen) atoms. The van der Waals surface area contributed by atoms with E-state index in [1.54, 1.807) is 13.1 Å². The molecule has 0 spiro atoms. The van der Waals surface area contributed by atoms with Crippen molar-refractivity contribution in [2.75, 3.05) is 5.32 Å². The molecule has 0 bridgehead atoms.